The fourth-order valence-corrected chi connectivity index (χ4v) is 3.14. The van der Waals surface area contributed by atoms with Gasteiger partial charge in [-0.25, -0.2) is 0 Å². The van der Waals surface area contributed by atoms with Crippen LogP contribution >= 0.6 is 0 Å². The van der Waals surface area contributed by atoms with Gasteiger partial charge in [-0.3, -0.25) is 4.79 Å². The first-order valence-electron chi connectivity index (χ1n) is 5.32. The largest absolute Gasteiger partial charge is 0.299 e. The minimum absolute atomic E-state index is 0.451. The van der Waals surface area contributed by atoms with Gasteiger partial charge in [0.25, 0.3) is 0 Å². The lowest BCUT2D eigenvalue weighted by Crippen LogP contribution is -2.36. The molecule has 2 saturated carbocycles. The highest BCUT2D eigenvalue weighted by atomic mass is 16.1. The molecule has 0 aromatic rings. The molecule has 1 heteroatoms. The van der Waals surface area contributed by atoms with E-state index in [1.807, 2.05) is 0 Å². The molecule has 0 aliphatic heterocycles. The Kier molecular flexibility index (Phi) is 2.20. The van der Waals surface area contributed by atoms with Crippen molar-refractivity contribution in [1.82, 2.24) is 0 Å². The third kappa shape index (κ3) is 1.30. The summed E-state index contributed by atoms with van der Waals surface area (Å²) >= 11 is 0. The van der Waals surface area contributed by atoms with Crippen LogP contribution in [0, 0.1) is 17.8 Å². The number of fused-ring (bicyclic) bond motifs is 1. The third-order valence-corrected chi connectivity index (χ3v) is 3.73. The Morgan fingerprint density at radius 2 is 1.92 bits per heavy atom. The second kappa shape index (κ2) is 3.20. The maximum absolute atomic E-state index is 11.6. The Hall–Kier alpha value is -0.330. The number of carbonyl (C=O) groups excluding carboxylic acids is 1. The number of Topliss-reactive ketones (excluding diaryl/α,β-unsaturated/α-hetero) is 1. The lowest BCUT2D eigenvalue weighted by molar-refractivity contribution is -0.130. The lowest BCUT2D eigenvalue weighted by Gasteiger charge is -2.38. The topological polar surface area (TPSA) is 17.1 Å². The fraction of sp³-hybridized carbons (Fsp3) is 0.909. The molecule has 0 spiro atoms. The molecule has 2 rings (SSSR count). The Labute approximate surface area is 74.5 Å². The van der Waals surface area contributed by atoms with Gasteiger partial charge < -0.3 is 0 Å². The van der Waals surface area contributed by atoms with Gasteiger partial charge in [0.15, 0.2) is 0 Å². The van der Waals surface area contributed by atoms with Crippen LogP contribution in [0.3, 0.4) is 0 Å². The Morgan fingerprint density at radius 1 is 1.17 bits per heavy atom. The molecule has 0 aromatic carbocycles. The average molecular weight is 166 g/mol. The normalized spacial score (nSPS) is 42.4. The molecule has 0 aromatic heterocycles. The highest BCUT2D eigenvalue weighted by molar-refractivity contribution is 5.82. The first-order chi connectivity index (χ1) is 5.79. The summed E-state index contributed by atoms with van der Waals surface area (Å²) in [6.45, 7) is 2.26. The van der Waals surface area contributed by atoms with Gasteiger partial charge in [0.2, 0.25) is 0 Å². The van der Waals surface area contributed by atoms with Gasteiger partial charge in [-0.1, -0.05) is 19.8 Å². The van der Waals surface area contributed by atoms with Gasteiger partial charge in [-0.15, -0.1) is 0 Å². The molecule has 68 valence electrons. The van der Waals surface area contributed by atoms with Crippen molar-refractivity contribution < 1.29 is 4.79 Å². The van der Waals surface area contributed by atoms with Gasteiger partial charge >= 0.3 is 0 Å². The summed E-state index contributed by atoms with van der Waals surface area (Å²) in [5, 5.41) is 0. The molecule has 2 fully saturated rings. The van der Waals surface area contributed by atoms with Crippen LogP contribution in [0.25, 0.3) is 0 Å². The quantitative estimate of drug-likeness (QED) is 0.541. The van der Waals surface area contributed by atoms with E-state index in [0.29, 0.717) is 17.6 Å². The molecule has 0 N–H and O–H groups in total. The zero-order chi connectivity index (χ0) is 8.55. The highest BCUT2D eigenvalue weighted by Gasteiger charge is 2.37. The van der Waals surface area contributed by atoms with E-state index in [9.17, 15) is 4.79 Å². The van der Waals surface area contributed by atoms with Crippen LogP contribution < -0.4 is 0 Å². The smallest absolute Gasteiger partial charge is 0.136 e. The Balaban J connectivity index is 2.12. The Morgan fingerprint density at radius 3 is 2.67 bits per heavy atom. The van der Waals surface area contributed by atoms with Gasteiger partial charge in [0.1, 0.15) is 5.78 Å². The van der Waals surface area contributed by atoms with Crippen LogP contribution in [0.15, 0.2) is 0 Å². The predicted octanol–water partition coefficient (Wildman–Crippen LogP) is 2.79. The van der Waals surface area contributed by atoms with Crippen LogP contribution in [0.1, 0.15) is 45.4 Å². The molecular formula is C11H18O. The molecule has 0 saturated heterocycles. The molecule has 1 nitrogen and oxygen atoms in total. The van der Waals surface area contributed by atoms with Crippen molar-refractivity contribution in [3.8, 4) is 0 Å². The SMILES string of the molecule is C[C@H]1CCC[C@@H]2CCCC(=O)[C@H]21. The van der Waals surface area contributed by atoms with E-state index < -0.39 is 0 Å². The van der Waals surface area contributed by atoms with Crippen molar-refractivity contribution >= 4 is 5.78 Å². The molecule has 3 atom stereocenters. The zero-order valence-electron chi connectivity index (χ0n) is 7.88. The maximum Gasteiger partial charge on any atom is 0.136 e. The second-order valence-corrected chi connectivity index (χ2v) is 4.55. The number of rotatable bonds is 0. The van der Waals surface area contributed by atoms with E-state index in [0.717, 1.165) is 18.8 Å². The average Bonchev–Trinajstić information content (AvgIpc) is 2.04. The van der Waals surface area contributed by atoms with Crippen LogP contribution in [-0.4, -0.2) is 5.78 Å². The van der Waals surface area contributed by atoms with E-state index in [1.54, 1.807) is 0 Å². The number of hydrogen-bond acceptors (Lipinski definition) is 1. The molecule has 0 heterocycles. The van der Waals surface area contributed by atoms with E-state index in [4.69, 9.17) is 0 Å². The second-order valence-electron chi connectivity index (χ2n) is 4.55. The number of hydrogen-bond donors (Lipinski definition) is 0. The summed E-state index contributed by atoms with van der Waals surface area (Å²) in [4.78, 5) is 11.6. The molecule has 12 heavy (non-hydrogen) atoms. The summed E-state index contributed by atoms with van der Waals surface area (Å²) in [5.74, 6) is 2.46. The molecular weight excluding hydrogens is 148 g/mol. The molecule has 0 amide bonds. The van der Waals surface area contributed by atoms with Gasteiger partial charge in [-0.2, -0.15) is 0 Å². The van der Waals surface area contributed by atoms with E-state index >= 15 is 0 Å². The standard InChI is InChI=1S/C11H18O/c1-8-4-2-5-9-6-3-7-10(12)11(8)9/h8-9,11H,2-7H2,1H3/t8-,9+,11-/m0/s1. The van der Waals surface area contributed by atoms with Crippen molar-refractivity contribution in [3.05, 3.63) is 0 Å². The van der Waals surface area contributed by atoms with E-state index in [-0.39, 0.29) is 0 Å². The van der Waals surface area contributed by atoms with E-state index in [2.05, 4.69) is 6.92 Å². The van der Waals surface area contributed by atoms with Crippen molar-refractivity contribution in [1.29, 1.82) is 0 Å². The maximum atomic E-state index is 11.6. The van der Waals surface area contributed by atoms with Crippen LogP contribution in [0.4, 0.5) is 0 Å². The minimum Gasteiger partial charge on any atom is -0.299 e. The first-order valence-corrected chi connectivity index (χ1v) is 5.32. The van der Waals surface area contributed by atoms with Crippen molar-refractivity contribution in [2.24, 2.45) is 17.8 Å². The molecule has 2 aliphatic carbocycles. The highest BCUT2D eigenvalue weighted by Crippen LogP contribution is 2.41. The third-order valence-electron chi connectivity index (χ3n) is 3.73. The van der Waals surface area contributed by atoms with Crippen molar-refractivity contribution in [2.45, 2.75) is 45.4 Å². The summed E-state index contributed by atoms with van der Waals surface area (Å²) in [7, 11) is 0. The van der Waals surface area contributed by atoms with E-state index in [1.165, 1.54) is 25.7 Å². The first kappa shape index (κ1) is 8.28. The summed E-state index contributed by atoms with van der Waals surface area (Å²) < 4.78 is 0. The molecule has 0 unspecified atom stereocenters. The van der Waals surface area contributed by atoms with Gasteiger partial charge in [-0.05, 0) is 31.1 Å². The Bertz CT molecular complexity index is 183. The van der Waals surface area contributed by atoms with Crippen molar-refractivity contribution in [3.63, 3.8) is 0 Å². The van der Waals surface area contributed by atoms with Gasteiger partial charge in [0.05, 0.1) is 0 Å². The zero-order valence-corrected chi connectivity index (χ0v) is 7.88. The summed E-state index contributed by atoms with van der Waals surface area (Å²) in [5.41, 5.74) is 0. The van der Waals surface area contributed by atoms with Gasteiger partial charge in [0, 0.05) is 12.3 Å². The number of ketones is 1. The fourth-order valence-electron chi connectivity index (χ4n) is 3.14. The lowest BCUT2D eigenvalue weighted by atomic mass is 9.65. The summed E-state index contributed by atoms with van der Waals surface area (Å²) in [6.07, 6.45) is 7.31. The monoisotopic (exact) mass is 166 g/mol. The van der Waals surface area contributed by atoms with Crippen molar-refractivity contribution in [2.75, 3.05) is 0 Å². The molecule has 0 radical (unpaired) electrons. The predicted molar refractivity (Wildman–Crippen MR) is 48.9 cm³/mol. The molecule has 2 aliphatic rings. The number of carbonyl (C=O) groups is 1. The van der Waals surface area contributed by atoms with Crippen LogP contribution in [0.2, 0.25) is 0 Å². The molecule has 0 bridgehead atoms. The van der Waals surface area contributed by atoms with Crippen LogP contribution in [-0.2, 0) is 4.79 Å². The van der Waals surface area contributed by atoms with Crippen LogP contribution in [0.5, 0.6) is 0 Å². The summed E-state index contributed by atoms with van der Waals surface area (Å²) in [6, 6.07) is 0. The minimum atomic E-state index is 0.451.